The first kappa shape index (κ1) is 18.7. The fraction of sp³-hybridized carbons (Fsp3) is 0.429. The van der Waals surface area contributed by atoms with Crippen LogP contribution in [0.5, 0.6) is 0 Å². The van der Waals surface area contributed by atoms with Crippen molar-refractivity contribution in [3.63, 3.8) is 0 Å². The Balaban J connectivity index is 1.31. The molecule has 1 atom stereocenters. The van der Waals surface area contributed by atoms with E-state index in [-0.39, 0.29) is 17.8 Å². The quantitative estimate of drug-likeness (QED) is 0.858. The molecule has 2 aliphatic rings. The molecule has 1 aromatic carbocycles. The molecule has 2 aromatic rings. The van der Waals surface area contributed by atoms with Crippen LogP contribution in [0, 0.1) is 5.82 Å². The second-order valence-corrected chi connectivity index (χ2v) is 7.17. The van der Waals surface area contributed by atoms with E-state index in [1.54, 1.807) is 18.3 Å². The number of carbonyl (C=O) groups excluding carboxylic acids is 1. The number of para-hydroxylation sites is 1. The average Bonchev–Trinajstić information content (AvgIpc) is 3.26. The van der Waals surface area contributed by atoms with Gasteiger partial charge >= 0.3 is 0 Å². The summed E-state index contributed by atoms with van der Waals surface area (Å²) in [6.45, 7) is 4.34. The summed E-state index contributed by atoms with van der Waals surface area (Å²) in [5, 5.41) is 2.89. The SMILES string of the molecule is O=C(NCC1CCCO1)c1ccc(N2CCN(c3ccccc3F)CC2)cn1. The monoisotopic (exact) mass is 384 g/mol. The Bertz CT molecular complexity index is 800. The Morgan fingerprint density at radius 3 is 2.61 bits per heavy atom. The van der Waals surface area contributed by atoms with Crippen molar-refractivity contribution in [2.24, 2.45) is 0 Å². The summed E-state index contributed by atoms with van der Waals surface area (Å²) >= 11 is 0. The molecule has 2 aliphatic heterocycles. The molecule has 6 nitrogen and oxygen atoms in total. The number of nitrogens with one attached hydrogen (secondary N) is 1. The first-order valence-corrected chi connectivity index (χ1v) is 9.81. The largest absolute Gasteiger partial charge is 0.376 e. The Hall–Kier alpha value is -2.67. The minimum Gasteiger partial charge on any atom is -0.376 e. The topological polar surface area (TPSA) is 57.7 Å². The van der Waals surface area contributed by atoms with Crippen LogP contribution in [-0.4, -0.2) is 56.3 Å². The number of anilines is 2. The van der Waals surface area contributed by atoms with E-state index in [1.165, 1.54) is 6.07 Å². The number of amides is 1. The first-order chi connectivity index (χ1) is 13.7. The lowest BCUT2D eigenvalue weighted by atomic mass is 10.2. The van der Waals surface area contributed by atoms with Crippen LogP contribution < -0.4 is 15.1 Å². The van der Waals surface area contributed by atoms with Gasteiger partial charge in [-0.3, -0.25) is 4.79 Å². The zero-order valence-electron chi connectivity index (χ0n) is 15.8. The number of carbonyl (C=O) groups is 1. The molecular weight excluding hydrogens is 359 g/mol. The van der Waals surface area contributed by atoms with E-state index in [0.29, 0.717) is 17.9 Å². The molecule has 1 aromatic heterocycles. The van der Waals surface area contributed by atoms with Gasteiger partial charge < -0.3 is 19.9 Å². The van der Waals surface area contributed by atoms with Crippen molar-refractivity contribution < 1.29 is 13.9 Å². The second kappa shape index (κ2) is 8.56. The number of benzene rings is 1. The molecule has 1 unspecified atom stereocenters. The third-order valence-corrected chi connectivity index (χ3v) is 5.33. The lowest BCUT2D eigenvalue weighted by Gasteiger charge is -2.37. The standard InChI is InChI=1S/C21H25FN4O2/c22-18-5-1-2-6-20(18)26-11-9-25(10-12-26)16-7-8-19(23-14-16)21(27)24-15-17-4-3-13-28-17/h1-2,5-8,14,17H,3-4,9-13,15H2,(H,24,27). The van der Waals surface area contributed by atoms with Crippen molar-refractivity contribution in [3.05, 3.63) is 54.1 Å². The normalized spacial score (nSPS) is 19.7. The van der Waals surface area contributed by atoms with Crippen LogP contribution in [0.3, 0.4) is 0 Å². The summed E-state index contributed by atoms with van der Waals surface area (Å²) in [7, 11) is 0. The van der Waals surface area contributed by atoms with E-state index in [9.17, 15) is 9.18 Å². The summed E-state index contributed by atoms with van der Waals surface area (Å²) in [6, 6.07) is 10.6. The molecule has 0 saturated carbocycles. The van der Waals surface area contributed by atoms with Crippen molar-refractivity contribution in [3.8, 4) is 0 Å². The highest BCUT2D eigenvalue weighted by Gasteiger charge is 2.20. The van der Waals surface area contributed by atoms with Gasteiger partial charge in [0.25, 0.3) is 5.91 Å². The molecule has 4 rings (SSSR count). The molecule has 0 radical (unpaired) electrons. The molecule has 7 heteroatoms. The Kier molecular flexibility index (Phi) is 5.71. The van der Waals surface area contributed by atoms with Crippen molar-refractivity contribution >= 4 is 17.3 Å². The number of hydrogen-bond acceptors (Lipinski definition) is 5. The van der Waals surface area contributed by atoms with Crippen LogP contribution in [0.1, 0.15) is 23.3 Å². The lowest BCUT2D eigenvalue weighted by molar-refractivity contribution is 0.0853. The fourth-order valence-electron chi connectivity index (χ4n) is 3.72. The third kappa shape index (κ3) is 4.25. The predicted molar refractivity (Wildman–Crippen MR) is 106 cm³/mol. The van der Waals surface area contributed by atoms with Gasteiger partial charge in [-0.2, -0.15) is 0 Å². The van der Waals surface area contributed by atoms with Crippen LogP contribution in [0.2, 0.25) is 0 Å². The number of piperazine rings is 1. The molecule has 1 amide bonds. The minimum atomic E-state index is -0.184. The van der Waals surface area contributed by atoms with Gasteiger partial charge in [-0.05, 0) is 37.1 Å². The van der Waals surface area contributed by atoms with E-state index in [0.717, 1.165) is 51.3 Å². The smallest absolute Gasteiger partial charge is 0.269 e. The van der Waals surface area contributed by atoms with Gasteiger partial charge in [0.15, 0.2) is 0 Å². The van der Waals surface area contributed by atoms with Gasteiger partial charge in [-0.15, -0.1) is 0 Å². The minimum absolute atomic E-state index is 0.119. The summed E-state index contributed by atoms with van der Waals surface area (Å²) < 4.78 is 19.5. The summed E-state index contributed by atoms with van der Waals surface area (Å²) in [4.78, 5) is 20.8. The van der Waals surface area contributed by atoms with E-state index in [1.807, 2.05) is 18.2 Å². The Morgan fingerprint density at radius 2 is 1.93 bits per heavy atom. The number of ether oxygens (including phenoxy) is 1. The van der Waals surface area contributed by atoms with E-state index in [4.69, 9.17) is 4.74 Å². The number of pyridine rings is 1. The number of halogens is 1. The number of aromatic nitrogens is 1. The van der Waals surface area contributed by atoms with Crippen molar-refractivity contribution in [2.45, 2.75) is 18.9 Å². The van der Waals surface area contributed by atoms with Gasteiger partial charge in [0.1, 0.15) is 11.5 Å². The highest BCUT2D eigenvalue weighted by atomic mass is 19.1. The maximum atomic E-state index is 14.0. The van der Waals surface area contributed by atoms with Crippen molar-refractivity contribution in [1.82, 2.24) is 10.3 Å². The number of nitrogens with zero attached hydrogens (tertiary/aromatic N) is 3. The average molecular weight is 384 g/mol. The van der Waals surface area contributed by atoms with Crippen molar-refractivity contribution in [2.75, 3.05) is 49.1 Å². The summed E-state index contributed by atoms with van der Waals surface area (Å²) in [5.41, 5.74) is 2.04. The fourth-order valence-corrected chi connectivity index (χ4v) is 3.72. The van der Waals surface area contributed by atoms with Crippen LogP contribution in [-0.2, 0) is 4.74 Å². The summed E-state index contributed by atoms with van der Waals surface area (Å²) in [5.74, 6) is -0.359. The molecule has 2 fully saturated rings. The van der Waals surface area contributed by atoms with Gasteiger partial charge in [-0.1, -0.05) is 12.1 Å². The lowest BCUT2D eigenvalue weighted by Crippen LogP contribution is -2.46. The predicted octanol–water partition coefficient (Wildman–Crippen LogP) is 2.46. The second-order valence-electron chi connectivity index (χ2n) is 7.17. The number of hydrogen-bond donors (Lipinski definition) is 1. The van der Waals surface area contributed by atoms with Gasteiger partial charge in [-0.25, -0.2) is 9.37 Å². The molecule has 0 spiro atoms. The molecule has 28 heavy (non-hydrogen) atoms. The molecule has 0 bridgehead atoms. The number of rotatable bonds is 5. The molecule has 1 N–H and O–H groups in total. The molecule has 0 aliphatic carbocycles. The Labute approximate surface area is 164 Å². The van der Waals surface area contributed by atoms with Crippen LogP contribution in [0.4, 0.5) is 15.8 Å². The van der Waals surface area contributed by atoms with Crippen LogP contribution >= 0.6 is 0 Å². The maximum Gasteiger partial charge on any atom is 0.269 e. The first-order valence-electron chi connectivity index (χ1n) is 9.81. The highest BCUT2D eigenvalue weighted by molar-refractivity contribution is 5.92. The molecular formula is C21H25FN4O2. The molecule has 148 valence electrons. The zero-order chi connectivity index (χ0) is 19.3. The highest BCUT2D eigenvalue weighted by Crippen LogP contribution is 2.22. The van der Waals surface area contributed by atoms with E-state index >= 15 is 0 Å². The Morgan fingerprint density at radius 1 is 1.14 bits per heavy atom. The third-order valence-electron chi connectivity index (χ3n) is 5.33. The van der Waals surface area contributed by atoms with Gasteiger partial charge in [0.2, 0.25) is 0 Å². The van der Waals surface area contributed by atoms with Crippen molar-refractivity contribution in [1.29, 1.82) is 0 Å². The van der Waals surface area contributed by atoms with Crippen LogP contribution in [0.25, 0.3) is 0 Å². The van der Waals surface area contributed by atoms with E-state index < -0.39 is 0 Å². The molecule has 2 saturated heterocycles. The maximum absolute atomic E-state index is 14.0. The zero-order valence-corrected chi connectivity index (χ0v) is 15.8. The van der Waals surface area contributed by atoms with Gasteiger partial charge in [0.05, 0.1) is 23.7 Å². The van der Waals surface area contributed by atoms with E-state index in [2.05, 4.69) is 20.1 Å². The summed E-state index contributed by atoms with van der Waals surface area (Å²) in [6.07, 6.45) is 3.90. The molecule has 3 heterocycles. The van der Waals surface area contributed by atoms with Gasteiger partial charge in [0, 0.05) is 39.3 Å². The van der Waals surface area contributed by atoms with Crippen LogP contribution in [0.15, 0.2) is 42.6 Å².